The number of aliphatic imine (C=N–C) groups is 1. The van der Waals surface area contributed by atoms with Crippen LogP contribution in [0.5, 0.6) is 11.5 Å². The summed E-state index contributed by atoms with van der Waals surface area (Å²) in [7, 11) is 1.63. The molecule has 0 amide bonds. The fraction of sp³-hybridized carbons (Fsp3) is 0.182. The summed E-state index contributed by atoms with van der Waals surface area (Å²) in [4.78, 5) is 4.74. The summed E-state index contributed by atoms with van der Waals surface area (Å²) in [5, 5.41) is 4.96. The second-order valence-electron chi connectivity index (χ2n) is 9.97. The summed E-state index contributed by atoms with van der Waals surface area (Å²) in [5.41, 5.74) is 6.58. The van der Waals surface area contributed by atoms with Crippen LogP contribution in [0.15, 0.2) is 96.0 Å². The van der Waals surface area contributed by atoms with E-state index in [1.165, 1.54) is 16.8 Å². The lowest BCUT2D eigenvalue weighted by Crippen LogP contribution is -2.28. The quantitative estimate of drug-likeness (QED) is 0.120. The Balaban J connectivity index is 1.17. The molecule has 4 aromatic carbocycles. The minimum absolute atomic E-state index is 0.272. The van der Waals surface area contributed by atoms with Gasteiger partial charge in [0.2, 0.25) is 0 Å². The number of nitrogens with one attached hydrogen (secondary N) is 1. The van der Waals surface area contributed by atoms with E-state index < -0.39 is 0 Å². The number of anilines is 1. The first kappa shape index (κ1) is 27.2. The number of ether oxygens (including phenoxy) is 2. The number of fused-ring (bicyclic) bond motifs is 3. The Bertz CT molecular complexity index is 1600. The second kappa shape index (κ2) is 11.9. The van der Waals surface area contributed by atoms with Crippen LogP contribution in [0.3, 0.4) is 0 Å². The monoisotopic (exact) mass is 680 g/mol. The third-order valence-electron chi connectivity index (χ3n) is 7.53. The molecule has 1 aliphatic heterocycles. The lowest BCUT2D eigenvalue weighted by Gasteiger charge is -2.37. The molecule has 3 atom stereocenters. The molecule has 4 aromatic rings. The van der Waals surface area contributed by atoms with E-state index in [0.29, 0.717) is 40.0 Å². The highest BCUT2D eigenvalue weighted by Crippen LogP contribution is 2.49. The summed E-state index contributed by atoms with van der Waals surface area (Å²) in [5.74, 6) is 2.29. The van der Waals surface area contributed by atoms with Crippen LogP contribution in [0, 0.1) is 9.49 Å². The van der Waals surface area contributed by atoms with E-state index in [9.17, 15) is 0 Å². The van der Waals surface area contributed by atoms with Gasteiger partial charge in [0, 0.05) is 33.4 Å². The number of hydrogen-bond donors (Lipinski definition) is 1. The van der Waals surface area contributed by atoms with Crippen molar-refractivity contribution < 1.29 is 9.47 Å². The maximum Gasteiger partial charge on any atom is 0.174 e. The number of nitrogens with zero attached hydrogens (tertiary/aromatic N) is 1. The number of halogens is 3. The molecule has 4 nitrogen and oxygen atoms in total. The van der Waals surface area contributed by atoms with Gasteiger partial charge in [0.05, 0.1) is 22.4 Å². The van der Waals surface area contributed by atoms with Crippen LogP contribution in [0.4, 0.5) is 11.4 Å². The highest BCUT2D eigenvalue weighted by Gasteiger charge is 2.37. The van der Waals surface area contributed by atoms with Gasteiger partial charge < -0.3 is 14.8 Å². The average Bonchev–Trinajstić information content (AvgIpc) is 3.46. The molecule has 7 heteroatoms. The largest absolute Gasteiger partial charge is 0.493 e. The van der Waals surface area contributed by atoms with Gasteiger partial charge >= 0.3 is 0 Å². The Morgan fingerprint density at radius 2 is 1.85 bits per heavy atom. The molecule has 1 heterocycles. The van der Waals surface area contributed by atoms with Crippen molar-refractivity contribution in [2.24, 2.45) is 10.9 Å². The maximum absolute atomic E-state index is 6.31. The van der Waals surface area contributed by atoms with Crippen molar-refractivity contribution in [2.75, 3.05) is 12.4 Å². The Hall–Kier alpha value is -3.00. The molecule has 0 saturated carbocycles. The summed E-state index contributed by atoms with van der Waals surface area (Å²) in [6.45, 7) is 0.307. The first-order valence-electron chi connectivity index (χ1n) is 13.1. The zero-order valence-corrected chi connectivity index (χ0v) is 25.5. The number of hydrogen-bond acceptors (Lipinski definition) is 4. The van der Waals surface area contributed by atoms with E-state index in [-0.39, 0.29) is 6.04 Å². The predicted octanol–water partition coefficient (Wildman–Crippen LogP) is 9.76. The van der Waals surface area contributed by atoms with E-state index in [0.717, 1.165) is 26.8 Å². The van der Waals surface area contributed by atoms with Crippen LogP contribution >= 0.6 is 45.8 Å². The lowest BCUT2D eigenvalue weighted by atomic mass is 9.77. The van der Waals surface area contributed by atoms with Crippen molar-refractivity contribution in [1.82, 2.24) is 0 Å². The van der Waals surface area contributed by atoms with Gasteiger partial charge in [-0.3, -0.25) is 4.99 Å². The molecule has 1 aliphatic carbocycles. The van der Waals surface area contributed by atoms with Crippen LogP contribution in [-0.2, 0) is 6.61 Å². The molecule has 0 saturated heterocycles. The number of allylic oxidation sites excluding steroid dienone is 2. The Kier molecular flexibility index (Phi) is 8.05. The molecule has 2 aliphatic rings. The van der Waals surface area contributed by atoms with Gasteiger partial charge in [0.1, 0.15) is 6.61 Å². The van der Waals surface area contributed by atoms with Crippen molar-refractivity contribution in [2.45, 2.75) is 25.0 Å². The van der Waals surface area contributed by atoms with Crippen LogP contribution < -0.4 is 14.8 Å². The van der Waals surface area contributed by atoms with Crippen LogP contribution in [-0.4, -0.2) is 13.3 Å². The van der Waals surface area contributed by atoms with Crippen LogP contribution in [0.1, 0.15) is 40.6 Å². The smallest absolute Gasteiger partial charge is 0.174 e. The topological polar surface area (TPSA) is 42.8 Å². The highest BCUT2D eigenvalue weighted by molar-refractivity contribution is 14.1. The first-order valence-corrected chi connectivity index (χ1v) is 14.9. The van der Waals surface area contributed by atoms with E-state index in [1.54, 1.807) is 19.2 Å². The number of para-hydroxylation sites is 1. The molecular weight excluding hydrogens is 654 g/mol. The van der Waals surface area contributed by atoms with Crippen molar-refractivity contribution >= 4 is 63.4 Å². The zero-order valence-electron chi connectivity index (χ0n) is 21.8. The summed E-state index contributed by atoms with van der Waals surface area (Å²) >= 11 is 14.6. The third-order valence-corrected chi connectivity index (χ3v) is 8.91. The van der Waals surface area contributed by atoms with E-state index in [4.69, 9.17) is 37.7 Å². The average molecular weight is 681 g/mol. The van der Waals surface area contributed by atoms with E-state index in [1.807, 2.05) is 24.4 Å². The Morgan fingerprint density at radius 3 is 2.65 bits per heavy atom. The molecule has 0 spiro atoms. The molecule has 1 N–H and O–H groups in total. The van der Waals surface area contributed by atoms with Gasteiger partial charge in [-0.1, -0.05) is 71.8 Å². The van der Waals surface area contributed by atoms with E-state index in [2.05, 4.69) is 88.6 Å². The van der Waals surface area contributed by atoms with Crippen molar-refractivity contribution in [3.63, 3.8) is 0 Å². The third kappa shape index (κ3) is 5.60. The molecular formula is C33H27Cl2IN2O2. The van der Waals surface area contributed by atoms with Gasteiger partial charge in [-0.2, -0.15) is 0 Å². The predicted molar refractivity (Wildman–Crippen MR) is 173 cm³/mol. The van der Waals surface area contributed by atoms with Gasteiger partial charge in [-0.25, -0.2) is 0 Å². The highest BCUT2D eigenvalue weighted by atomic mass is 127. The van der Waals surface area contributed by atoms with Crippen LogP contribution in [0.25, 0.3) is 0 Å². The zero-order chi connectivity index (χ0) is 27.6. The molecule has 0 radical (unpaired) electrons. The molecule has 0 aromatic heterocycles. The van der Waals surface area contributed by atoms with E-state index >= 15 is 0 Å². The summed E-state index contributed by atoms with van der Waals surface area (Å²) in [6.07, 6.45) is 7.63. The SMILES string of the molecule is COc1cc(C=Nc2ccc([C@@H]3Nc4ccccc4[C@H]4C=CC[C@@H]43)cc2)cc(I)c1OCc1ccc(Cl)cc1Cl. The standard InChI is InChI=1S/C33H27Cl2IN2O2/c1-39-31-16-20(15-29(36)33(31)40-19-22-9-12-23(34)17-28(22)35)18-37-24-13-10-21(11-14-24)32-27-7-4-6-25(27)26-5-2-3-8-30(26)38-32/h2-6,8-18,25,27,32,38H,7,19H2,1H3/t25-,27+,32+/m1/s1. The van der Waals surface area contributed by atoms with Gasteiger partial charge in [-0.15, -0.1) is 0 Å². The molecule has 40 heavy (non-hydrogen) atoms. The fourth-order valence-electron chi connectivity index (χ4n) is 5.53. The Labute approximate surface area is 258 Å². The number of benzene rings is 4. The molecule has 0 unspecified atom stereocenters. The maximum atomic E-state index is 6.31. The fourth-order valence-corrected chi connectivity index (χ4v) is 6.78. The van der Waals surface area contributed by atoms with Gasteiger partial charge in [0.25, 0.3) is 0 Å². The van der Waals surface area contributed by atoms with Gasteiger partial charge in [-0.05, 0) is 94.1 Å². The summed E-state index contributed by atoms with van der Waals surface area (Å²) < 4.78 is 12.7. The van der Waals surface area contributed by atoms with Crippen molar-refractivity contribution in [1.29, 1.82) is 0 Å². The molecule has 202 valence electrons. The minimum atomic E-state index is 0.272. The second-order valence-corrected chi connectivity index (χ2v) is 12.0. The lowest BCUT2D eigenvalue weighted by molar-refractivity contribution is 0.282. The molecule has 0 bridgehead atoms. The Morgan fingerprint density at radius 1 is 1.02 bits per heavy atom. The normalized spacial score (nSPS) is 19.2. The number of rotatable bonds is 7. The van der Waals surface area contributed by atoms with Gasteiger partial charge in [0.15, 0.2) is 11.5 Å². The molecule has 0 fully saturated rings. The number of methoxy groups -OCH3 is 1. The van der Waals surface area contributed by atoms with Crippen molar-refractivity contribution in [3.05, 3.63) is 127 Å². The minimum Gasteiger partial charge on any atom is -0.493 e. The molecule has 6 rings (SSSR count). The van der Waals surface area contributed by atoms with Crippen molar-refractivity contribution in [3.8, 4) is 11.5 Å². The summed E-state index contributed by atoms with van der Waals surface area (Å²) in [6, 6.07) is 26.8. The van der Waals surface area contributed by atoms with Crippen LogP contribution in [0.2, 0.25) is 10.0 Å². The first-order chi connectivity index (χ1) is 19.5.